The summed E-state index contributed by atoms with van der Waals surface area (Å²) in [5.41, 5.74) is 0.651. The van der Waals surface area contributed by atoms with Gasteiger partial charge in [-0.2, -0.15) is 0 Å². The lowest BCUT2D eigenvalue weighted by Crippen LogP contribution is -2.31. The maximum Gasteiger partial charge on any atom is 0.261 e. The smallest absolute Gasteiger partial charge is 0.261 e. The molecule has 0 aliphatic rings. The fourth-order valence-electron chi connectivity index (χ4n) is 2.53. The van der Waals surface area contributed by atoms with Gasteiger partial charge in [-0.25, -0.2) is 8.42 Å². The zero-order valence-electron chi connectivity index (χ0n) is 13.3. The van der Waals surface area contributed by atoms with E-state index in [9.17, 15) is 13.2 Å². The first-order valence-electron chi connectivity index (χ1n) is 7.74. The van der Waals surface area contributed by atoms with E-state index in [4.69, 9.17) is 0 Å². The lowest BCUT2D eigenvalue weighted by atomic mass is 10.1. The summed E-state index contributed by atoms with van der Waals surface area (Å²) >= 11 is 1.32. The van der Waals surface area contributed by atoms with Gasteiger partial charge >= 0.3 is 0 Å². The number of hydrogen-bond acceptors (Lipinski definition) is 4. The van der Waals surface area contributed by atoms with E-state index >= 15 is 0 Å². The molecule has 0 saturated carbocycles. The number of hydrogen-bond donors (Lipinski definition) is 1. The summed E-state index contributed by atoms with van der Waals surface area (Å²) < 4.78 is 26.2. The first-order chi connectivity index (χ1) is 12.1. The SMILES string of the molecule is O=C(NC[C@H](c1ccccc1)S(=O)(=O)c1ccccc1)c1cccs1. The minimum absolute atomic E-state index is 0.0119. The van der Waals surface area contributed by atoms with Crippen molar-refractivity contribution in [2.24, 2.45) is 0 Å². The molecule has 0 aliphatic heterocycles. The van der Waals surface area contributed by atoms with E-state index < -0.39 is 15.1 Å². The Hall–Kier alpha value is -2.44. The van der Waals surface area contributed by atoms with Gasteiger partial charge in [-0.1, -0.05) is 54.6 Å². The Labute approximate surface area is 151 Å². The Kier molecular flexibility index (Phi) is 5.31. The highest BCUT2D eigenvalue weighted by Gasteiger charge is 2.29. The maximum absolute atomic E-state index is 13.1. The van der Waals surface area contributed by atoms with Crippen molar-refractivity contribution in [2.45, 2.75) is 10.1 Å². The fraction of sp³-hybridized carbons (Fsp3) is 0.105. The van der Waals surface area contributed by atoms with E-state index in [1.807, 2.05) is 11.4 Å². The molecule has 1 amide bonds. The normalized spacial score (nSPS) is 12.5. The molecule has 0 fully saturated rings. The van der Waals surface area contributed by atoms with Gasteiger partial charge in [-0.05, 0) is 29.1 Å². The summed E-state index contributed by atoms with van der Waals surface area (Å²) in [4.78, 5) is 13.0. The zero-order valence-corrected chi connectivity index (χ0v) is 15.0. The van der Waals surface area contributed by atoms with E-state index in [2.05, 4.69) is 5.32 Å². The lowest BCUT2D eigenvalue weighted by Gasteiger charge is -2.19. The molecule has 0 unspecified atom stereocenters. The van der Waals surface area contributed by atoms with Gasteiger partial charge in [-0.3, -0.25) is 4.79 Å². The zero-order chi connectivity index (χ0) is 17.7. The second kappa shape index (κ2) is 7.63. The van der Waals surface area contributed by atoms with Gasteiger partial charge in [0.25, 0.3) is 5.91 Å². The van der Waals surface area contributed by atoms with Crippen molar-refractivity contribution >= 4 is 27.1 Å². The van der Waals surface area contributed by atoms with Crippen LogP contribution in [0.2, 0.25) is 0 Å². The third-order valence-corrected chi connectivity index (χ3v) is 6.80. The number of amides is 1. The van der Waals surface area contributed by atoms with Crippen LogP contribution in [0.4, 0.5) is 0 Å². The van der Waals surface area contributed by atoms with Crippen LogP contribution in [0.5, 0.6) is 0 Å². The van der Waals surface area contributed by atoms with Gasteiger partial charge in [0.2, 0.25) is 0 Å². The van der Waals surface area contributed by atoms with Crippen LogP contribution in [-0.2, 0) is 9.84 Å². The van der Waals surface area contributed by atoms with Crippen molar-refractivity contribution < 1.29 is 13.2 Å². The Balaban J connectivity index is 1.90. The van der Waals surface area contributed by atoms with Crippen LogP contribution in [0.3, 0.4) is 0 Å². The highest BCUT2D eigenvalue weighted by atomic mass is 32.2. The van der Waals surface area contributed by atoms with Crippen molar-refractivity contribution in [1.29, 1.82) is 0 Å². The van der Waals surface area contributed by atoms with Crippen LogP contribution in [0.15, 0.2) is 83.1 Å². The summed E-state index contributed by atoms with van der Waals surface area (Å²) in [6.45, 7) is 0.0119. The predicted octanol–water partition coefficient (Wildman–Crippen LogP) is 3.69. The third kappa shape index (κ3) is 3.97. The summed E-state index contributed by atoms with van der Waals surface area (Å²) in [5.74, 6) is -0.265. The molecule has 0 spiro atoms. The molecular weight excluding hydrogens is 354 g/mol. The standard InChI is InChI=1S/C19H17NO3S2/c21-19(17-12-7-13-24-17)20-14-18(15-8-3-1-4-9-15)25(22,23)16-10-5-2-6-11-16/h1-13,18H,14H2,(H,20,21)/t18-/m1/s1. The maximum atomic E-state index is 13.1. The first-order valence-corrected chi connectivity index (χ1v) is 10.2. The van der Waals surface area contributed by atoms with Crippen molar-refractivity contribution in [2.75, 3.05) is 6.54 Å². The van der Waals surface area contributed by atoms with Crippen LogP contribution < -0.4 is 5.32 Å². The molecule has 0 saturated heterocycles. The number of thiophene rings is 1. The van der Waals surface area contributed by atoms with Crippen molar-refractivity contribution in [3.63, 3.8) is 0 Å². The van der Waals surface area contributed by atoms with Crippen LogP contribution >= 0.6 is 11.3 Å². The predicted molar refractivity (Wildman–Crippen MR) is 99.5 cm³/mol. The van der Waals surface area contributed by atoms with Gasteiger partial charge in [0, 0.05) is 6.54 Å². The van der Waals surface area contributed by atoms with Gasteiger partial charge < -0.3 is 5.32 Å². The Bertz CT molecular complexity index is 921. The number of nitrogens with one attached hydrogen (secondary N) is 1. The van der Waals surface area contributed by atoms with Gasteiger partial charge in [0.15, 0.2) is 9.84 Å². The molecule has 4 nitrogen and oxygen atoms in total. The molecule has 3 aromatic rings. The lowest BCUT2D eigenvalue weighted by molar-refractivity contribution is 0.0957. The van der Waals surface area contributed by atoms with E-state index in [0.29, 0.717) is 10.4 Å². The second-order valence-electron chi connectivity index (χ2n) is 5.44. The van der Waals surface area contributed by atoms with E-state index in [1.165, 1.54) is 11.3 Å². The quantitative estimate of drug-likeness (QED) is 0.719. The average molecular weight is 371 g/mol. The Morgan fingerprint density at radius 3 is 2.16 bits per heavy atom. The van der Waals surface area contributed by atoms with Crippen molar-refractivity contribution in [3.05, 3.63) is 88.6 Å². The van der Waals surface area contributed by atoms with Crippen LogP contribution in [0, 0.1) is 0 Å². The van der Waals surface area contributed by atoms with Gasteiger partial charge in [0.05, 0.1) is 9.77 Å². The highest BCUT2D eigenvalue weighted by Crippen LogP contribution is 2.28. The van der Waals surface area contributed by atoms with Gasteiger partial charge in [0.1, 0.15) is 5.25 Å². The van der Waals surface area contributed by atoms with Crippen molar-refractivity contribution in [1.82, 2.24) is 5.32 Å². The summed E-state index contributed by atoms with van der Waals surface area (Å²) in [6.07, 6.45) is 0. The Morgan fingerprint density at radius 1 is 0.920 bits per heavy atom. The fourth-order valence-corrected chi connectivity index (χ4v) is 4.85. The molecule has 3 rings (SSSR count). The summed E-state index contributed by atoms with van der Waals surface area (Å²) in [5, 5.41) is 3.71. The molecule has 0 aliphatic carbocycles. The largest absolute Gasteiger partial charge is 0.350 e. The molecule has 128 valence electrons. The number of rotatable bonds is 6. The molecular formula is C19H17NO3S2. The second-order valence-corrected chi connectivity index (χ2v) is 8.52. The highest BCUT2D eigenvalue weighted by molar-refractivity contribution is 7.91. The average Bonchev–Trinajstić information content (AvgIpc) is 3.18. The number of carbonyl (C=O) groups excluding carboxylic acids is 1. The summed E-state index contributed by atoms with van der Waals surface area (Å²) in [7, 11) is -3.63. The molecule has 0 radical (unpaired) electrons. The molecule has 25 heavy (non-hydrogen) atoms. The molecule has 1 N–H and O–H groups in total. The first kappa shape index (κ1) is 17.4. The number of sulfone groups is 1. The monoisotopic (exact) mass is 371 g/mol. The topological polar surface area (TPSA) is 63.2 Å². The molecule has 2 aromatic carbocycles. The third-order valence-electron chi connectivity index (χ3n) is 3.81. The molecule has 1 atom stereocenters. The van der Waals surface area contributed by atoms with E-state index in [1.54, 1.807) is 66.7 Å². The van der Waals surface area contributed by atoms with Gasteiger partial charge in [-0.15, -0.1) is 11.3 Å². The molecule has 1 heterocycles. The van der Waals surface area contributed by atoms with Crippen LogP contribution in [0.25, 0.3) is 0 Å². The summed E-state index contributed by atoms with van der Waals surface area (Å²) in [6, 6.07) is 20.8. The van der Waals surface area contributed by atoms with E-state index in [-0.39, 0.29) is 17.3 Å². The number of carbonyl (C=O) groups is 1. The molecule has 6 heteroatoms. The minimum Gasteiger partial charge on any atom is -0.350 e. The number of benzene rings is 2. The van der Waals surface area contributed by atoms with Crippen molar-refractivity contribution in [3.8, 4) is 0 Å². The van der Waals surface area contributed by atoms with Crippen LogP contribution in [0.1, 0.15) is 20.5 Å². The minimum atomic E-state index is -3.63. The van der Waals surface area contributed by atoms with Crippen LogP contribution in [-0.4, -0.2) is 20.9 Å². The molecule has 0 bridgehead atoms. The van der Waals surface area contributed by atoms with E-state index in [0.717, 1.165) is 0 Å². The Morgan fingerprint density at radius 2 is 1.56 bits per heavy atom. The molecule has 1 aromatic heterocycles.